The van der Waals surface area contributed by atoms with Gasteiger partial charge in [-0.2, -0.15) is 0 Å². The van der Waals surface area contributed by atoms with Gasteiger partial charge in [-0.1, -0.05) is 0 Å². The summed E-state index contributed by atoms with van der Waals surface area (Å²) in [4.78, 5) is 4.39. The van der Waals surface area contributed by atoms with E-state index in [0.29, 0.717) is 12.1 Å². The lowest BCUT2D eigenvalue weighted by Crippen LogP contribution is -2.37. The number of aryl methyl sites for hydroxylation is 2. The fourth-order valence-corrected chi connectivity index (χ4v) is 2.96. The van der Waals surface area contributed by atoms with Crippen molar-refractivity contribution >= 4 is 0 Å². The lowest BCUT2D eigenvalue weighted by atomic mass is 9.77. The molecule has 1 fully saturated rings. The molecule has 108 valence electrons. The molecule has 4 heteroatoms. The second-order valence-corrected chi connectivity index (χ2v) is 5.63. The molecule has 1 saturated carbocycles. The zero-order valence-electron chi connectivity index (χ0n) is 12.4. The van der Waals surface area contributed by atoms with Crippen LogP contribution in [0.3, 0.4) is 0 Å². The van der Waals surface area contributed by atoms with Crippen molar-refractivity contribution in [3.05, 3.63) is 18.2 Å². The highest BCUT2D eigenvalue weighted by molar-refractivity contribution is 4.92. The molecule has 19 heavy (non-hydrogen) atoms. The van der Waals surface area contributed by atoms with Gasteiger partial charge in [0.25, 0.3) is 0 Å². The van der Waals surface area contributed by atoms with Crippen molar-refractivity contribution in [2.75, 3.05) is 13.7 Å². The fraction of sp³-hybridized carbons (Fsp3) is 0.800. The van der Waals surface area contributed by atoms with Crippen LogP contribution >= 0.6 is 0 Å². The predicted octanol–water partition coefficient (Wildman–Crippen LogP) is 2.15. The molecule has 1 atom stereocenters. The van der Waals surface area contributed by atoms with Crippen molar-refractivity contribution in [2.24, 2.45) is 13.0 Å². The summed E-state index contributed by atoms with van der Waals surface area (Å²) in [6.07, 6.45) is 10.4. The van der Waals surface area contributed by atoms with Crippen LogP contribution < -0.4 is 5.32 Å². The van der Waals surface area contributed by atoms with Gasteiger partial charge in [-0.15, -0.1) is 0 Å². The highest BCUT2D eigenvalue weighted by atomic mass is 16.5. The fourth-order valence-electron chi connectivity index (χ4n) is 2.96. The number of nitrogens with zero attached hydrogens (tertiary/aromatic N) is 2. The van der Waals surface area contributed by atoms with Crippen molar-refractivity contribution in [3.8, 4) is 0 Å². The molecule has 1 aromatic heterocycles. The van der Waals surface area contributed by atoms with E-state index in [1.165, 1.54) is 25.1 Å². The summed E-state index contributed by atoms with van der Waals surface area (Å²) in [5, 5.41) is 3.45. The summed E-state index contributed by atoms with van der Waals surface area (Å²) < 4.78 is 7.74. The molecule has 0 radical (unpaired) electrons. The minimum Gasteiger partial charge on any atom is -0.378 e. The Balaban J connectivity index is 1.68. The Morgan fingerprint density at radius 1 is 1.53 bits per heavy atom. The van der Waals surface area contributed by atoms with Crippen LogP contribution in [0.1, 0.15) is 38.4 Å². The Morgan fingerprint density at radius 2 is 2.32 bits per heavy atom. The summed E-state index contributed by atoms with van der Waals surface area (Å²) in [7, 11) is 4.14. The van der Waals surface area contributed by atoms with E-state index in [9.17, 15) is 0 Å². The number of hydrogen-bond acceptors (Lipinski definition) is 3. The van der Waals surface area contributed by atoms with E-state index in [0.717, 1.165) is 25.4 Å². The smallest absolute Gasteiger partial charge is 0.108 e. The summed E-state index contributed by atoms with van der Waals surface area (Å²) in [6, 6.07) is 0.601. The van der Waals surface area contributed by atoms with Crippen molar-refractivity contribution in [3.63, 3.8) is 0 Å². The van der Waals surface area contributed by atoms with Crippen LogP contribution in [0.2, 0.25) is 0 Å². The second kappa shape index (κ2) is 7.06. The molecule has 4 nitrogen and oxygen atoms in total. The molecule has 1 aliphatic rings. The topological polar surface area (TPSA) is 39.1 Å². The van der Waals surface area contributed by atoms with Crippen LogP contribution in [0.4, 0.5) is 0 Å². The summed E-state index contributed by atoms with van der Waals surface area (Å²) in [5.41, 5.74) is 0. The van der Waals surface area contributed by atoms with Crippen molar-refractivity contribution in [2.45, 2.75) is 51.2 Å². The number of imidazole rings is 1. The molecule has 1 unspecified atom stereocenters. The lowest BCUT2D eigenvalue weighted by Gasteiger charge is -2.37. The Hall–Kier alpha value is -0.870. The first-order valence-electron chi connectivity index (χ1n) is 7.48. The molecule has 0 amide bonds. The second-order valence-electron chi connectivity index (χ2n) is 5.63. The Morgan fingerprint density at radius 3 is 2.89 bits per heavy atom. The van der Waals surface area contributed by atoms with Crippen molar-refractivity contribution < 1.29 is 4.74 Å². The minimum absolute atomic E-state index is 0.530. The van der Waals surface area contributed by atoms with Crippen LogP contribution in [-0.2, 0) is 18.2 Å². The normalized spacial score (nSPS) is 24.2. The highest BCUT2D eigenvalue weighted by Gasteiger charge is 2.30. The van der Waals surface area contributed by atoms with E-state index in [1.54, 1.807) is 0 Å². The van der Waals surface area contributed by atoms with Gasteiger partial charge in [0.05, 0.1) is 6.10 Å². The first-order chi connectivity index (χ1) is 9.22. The number of aromatic nitrogens is 2. The van der Waals surface area contributed by atoms with Gasteiger partial charge in [-0.3, -0.25) is 0 Å². The summed E-state index contributed by atoms with van der Waals surface area (Å²) in [6.45, 7) is 2.93. The maximum Gasteiger partial charge on any atom is 0.108 e. The van der Waals surface area contributed by atoms with Gasteiger partial charge in [0.1, 0.15) is 5.82 Å². The zero-order chi connectivity index (χ0) is 13.7. The molecule has 1 heterocycles. The standard InChI is InChI=1S/C15H27N3O/c1-4-19-14-10-12(11-14)9-13(16-2)5-6-15-17-7-8-18(15)3/h7-8,12-14,16H,4-6,9-11H2,1-3H3. The van der Waals surface area contributed by atoms with Crippen LogP contribution in [-0.4, -0.2) is 35.4 Å². The molecular formula is C15H27N3O. The molecule has 2 rings (SSSR count). The molecule has 0 aliphatic heterocycles. The average Bonchev–Trinajstić information content (AvgIpc) is 2.76. The largest absolute Gasteiger partial charge is 0.378 e. The Bertz CT molecular complexity index is 371. The summed E-state index contributed by atoms with van der Waals surface area (Å²) >= 11 is 0. The van der Waals surface area contributed by atoms with Crippen LogP contribution in [0.5, 0.6) is 0 Å². The van der Waals surface area contributed by atoms with Crippen LogP contribution in [0.15, 0.2) is 12.4 Å². The molecule has 0 aromatic carbocycles. The third-order valence-corrected chi connectivity index (χ3v) is 4.26. The van der Waals surface area contributed by atoms with E-state index in [2.05, 4.69) is 35.9 Å². The van der Waals surface area contributed by atoms with Crippen LogP contribution in [0.25, 0.3) is 0 Å². The van der Waals surface area contributed by atoms with Gasteiger partial charge in [0.15, 0.2) is 0 Å². The van der Waals surface area contributed by atoms with Crippen molar-refractivity contribution in [1.82, 2.24) is 14.9 Å². The maximum atomic E-state index is 5.62. The number of rotatable bonds is 8. The van der Waals surface area contributed by atoms with Gasteiger partial charge in [0, 0.05) is 38.5 Å². The molecule has 1 aliphatic carbocycles. The highest BCUT2D eigenvalue weighted by Crippen LogP contribution is 2.34. The minimum atomic E-state index is 0.530. The van der Waals surface area contributed by atoms with Gasteiger partial charge in [-0.05, 0) is 45.6 Å². The van der Waals surface area contributed by atoms with E-state index < -0.39 is 0 Å². The molecule has 0 spiro atoms. The monoisotopic (exact) mass is 265 g/mol. The first-order valence-corrected chi connectivity index (χ1v) is 7.48. The van der Waals surface area contributed by atoms with Gasteiger partial charge >= 0.3 is 0 Å². The predicted molar refractivity (Wildman–Crippen MR) is 77.1 cm³/mol. The molecule has 1 aromatic rings. The SMILES string of the molecule is CCOC1CC(CC(CCc2nccn2C)NC)C1. The molecule has 0 saturated heterocycles. The zero-order valence-corrected chi connectivity index (χ0v) is 12.4. The van der Waals surface area contributed by atoms with E-state index in [1.807, 2.05) is 12.4 Å². The number of hydrogen-bond donors (Lipinski definition) is 1. The molecule has 0 bridgehead atoms. The average molecular weight is 265 g/mol. The molecular weight excluding hydrogens is 238 g/mol. The van der Waals surface area contributed by atoms with Gasteiger partial charge in [-0.25, -0.2) is 4.98 Å². The Kier molecular flexibility index (Phi) is 5.40. The van der Waals surface area contributed by atoms with E-state index >= 15 is 0 Å². The summed E-state index contributed by atoms with van der Waals surface area (Å²) in [5.74, 6) is 2.02. The number of nitrogens with one attached hydrogen (secondary N) is 1. The van der Waals surface area contributed by atoms with E-state index in [-0.39, 0.29) is 0 Å². The van der Waals surface area contributed by atoms with Crippen LogP contribution in [0, 0.1) is 5.92 Å². The molecule has 1 N–H and O–H groups in total. The van der Waals surface area contributed by atoms with Gasteiger partial charge < -0.3 is 14.6 Å². The maximum absolute atomic E-state index is 5.62. The quantitative estimate of drug-likeness (QED) is 0.783. The van der Waals surface area contributed by atoms with E-state index in [4.69, 9.17) is 4.74 Å². The van der Waals surface area contributed by atoms with Crippen molar-refractivity contribution in [1.29, 1.82) is 0 Å². The first kappa shape index (κ1) is 14.5. The Labute approximate surface area is 116 Å². The third-order valence-electron chi connectivity index (χ3n) is 4.26. The number of ether oxygens (including phenoxy) is 1. The van der Waals surface area contributed by atoms with Gasteiger partial charge in [0.2, 0.25) is 0 Å². The lowest BCUT2D eigenvalue weighted by molar-refractivity contribution is -0.0290. The third kappa shape index (κ3) is 4.05.